The third kappa shape index (κ3) is 5.46. The Hall–Kier alpha value is -4.89. The third-order valence-corrected chi connectivity index (χ3v) is 9.36. The van der Waals surface area contributed by atoms with Crippen LogP contribution in [0.4, 0.5) is 0 Å². The van der Waals surface area contributed by atoms with E-state index < -0.39 is 15.1 Å². The van der Waals surface area contributed by atoms with Gasteiger partial charge < -0.3 is 11.4 Å². The van der Waals surface area contributed by atoms with Crippen LogP contribution in [-0.4, -0.2) is 25.1 Å². The van der Waals surface area contributed by atoms with E-state index in [2.05, 4.69) is 68.4 Å². The van der Waals surface area contributed by atoms with E-state index in [0.29, 0.717) is 17.2 Å². The molecule has 0 fully saturated rings. The molecule has 0 bridgehead atoms. The molecular weight excluding hydrogens is 559 g/mol. The first kappa shape index (κ1) is 27.9. The molecule has 0 aliphatic rings. The van der Waals surface area contributed by atoms with Gasteiger partial charge in [-0.1, -0.05) is 84.9 Å². The van der Waals surface area contributed by atoms with E-state index >= 15 is 0 Å². The molecule has 0 unspecified atom stereocenters. The van der Waals surface area contributed by atoms with Crippen molar-refractivity contribution in [3.8, 4) is 28.4 Å². The minimum absolute atomic E-state index is 0.628. The molecule has 6 heteroatoms. The maximum Gasteiger partial charge on any atom is 1.20 e. The second-order valence-corrected chi connectivity index (χ2v) is 12.4. The van der Waals surface area contributed by atoms with Crippen molar-refractivity contribution < 1.29 is 11.4 Å². The molecule has 44 heavy (non-hydrogen) atoms. The van der Waals surface area contributed by atoms with Gasteiger partial charge in [0.15, 0.2) is 0 Å². The molecule has 0 aliphatic carbocycles. The largest absolute Gasteiger partial charge is 1.20 e. The lowest BCUT2D eigenvalue weighted by atomic mass is 9.95. The van der Waals surface area contributed by atoms with Gasteiger partial charge >= 0.3 is 15.1 Å². The van der Waals surface area contributed by atoms with Crippen LogP contribution in [0.5, 0.6) is 17.2 Å². The molecule has 0 atom stereocenters. The molecule has 5 aromatic carbocycles. The number of hydrogen-bond acceptors (Lipinski definition) is 5. The summed E-state index contributed by atoms with van der Waals surface area (Å²) >= 11 is -2.95. The van der Waals surface area contributed by atoms with Crippen molar-refractivity contribution in [3.05, 3.63) is 138 Å². The summed E-state index contributed by atoms with van der Waals surface area (Å²) in [5.41, 5.74) is 8.24. The smallest absolute Gasteiger partial charge is 0.577 e. The summed E-state index contributed by atoms with van der Waals surface area (Å²) in [5.74, 6) is 1.96. The Balaban J connectivity index is 1.33. The lowest BCUT2D eigenvalue weighted by molar-refractivity contribution is 0.311. The van der Waals surface area contributed by atoms with E-state index in [1.807, 2.05) is 74.5 Å². The Morgan fingerprint density at radius 3 is 1.68 bits per heavy atom. The van der Waals surface area contributed by atoms with Crippen LogP contribution < -0.4 is 11.4 Å². The summed E-state index contributed by atoms with van der Waals surface area (Å²) in [6, 6.07) is 39.0. The highest BCUT2D eigenvalue weighted by Crippen LogP contribution is 2.36. The van der Waals surface area contributed by atoms with Crippen molar-refractivity contribution in [1.29, 1.82) is 0 Å². The predicted molar refractivity (Wildman–Crippen MR) is 179 cm³/mol. The first-order chi connectivity index (χ1) is 21.4. The van der Waals surface area contributed by atoms with Crippen LogP contribution in [0.15, 0.2) is 115 Å². The zero-order chi connectivity index (χ0) is 30.2. The van der Waals surface area contributed by atoms with E-state index in [4.69, 9.17) is 21.3 Å². The molecule has 0 aliphatic heterocycles. The molecule has 0 saturated heterocycles. The van der Waals surface area contributed by atoms with E-state index in [0.717, 1.165) is 49.5 Å². The number of nitrogens with zero attached hydrogens (tertiary/aromatic N) is 2. The summed E-state index contributed by atoms with van der Waals surface area (Å²) < 4.78 is 20.1. The molecular formula is C38H31AlN2O3. The highest BCUT2D eigenvalue weighted by molar-refractivity contribution is 6.40. The van der Waals surface area contributed by atoms with E-state index in [1.54, 1.807) is 0 Å². The number of hydrogen-bond donors (Lipinski definition) is 0. The molecule has 0 saturated carbocycles. The average molecular weight is 591 g/mol. The maximum atomic E-state index is 6.77. The van der Waals surface area contributed by atoms with Gasteiger partial charge in [-0.2, -0.15) is 0 Å². The van der Waals surface area contributed by atoms with Crippen LogP contribution in [0.25, 0.3) is 43.7 Å². The van der Waals surface area contributed by atoms with Gasteiger partial charge in [0.25, 0.3) is 0 Å². The molecule has 2 aromatic heterocycles. The van der Waals surface area contributed by atoms with Gasteiger partial charge in [0, 0.05) is 27.5 Å². The molecule has 0 spiro atoms. The van der Waals surface area contributed by atoms with E-state index in [1.165, 1.54) is 16.7 Å². The van der Waals surface area contributed by atoms with Gasteiger partial charge in [-0.3, -0.25) is 0 Å². The lowest BCUT2D eigenvalue weighted by Crippen LogP contribution is -2.37. The Bertz CT molecular complexity index is 2090. The zero-order valence-electron chi connectivity index (χ0n) is 25.2. The fourth-order valence-corrected chi connectivity index (χ4v) is 6.90. The first-order valence-electron chi connectivity index (χ1n) is 14.7. The summed E-state index contributed by atoms with van der Waals surface area (Å²) in [4.78, 5) is 9.57. The molecule has 5 nitrogen and oxygen atoms in total. The van der Waals surface area contributed by atoms with Crippen LogP contribution in [-0.2, 0) is 0 Å². The topological polar surface area (TPSA) is 53.5 Å². The van der Waals surface area contributed by atoms with Gasteiger partial charge in [-0.05, 0) is 85.7 Å². The molecule has 0 amide bonds. The lowest BCUT2D eigenvalue weighted by Gasteiger charge is -2.20. The normalized spacial score (nSPS) is 11.2. The minimum atomic E-state index is -2.95. The van der Waals surface area contributed by atoms with Crippen LogP contribution in [0.3, 0.4) is 0 Å². The second-order valence-electron chi connectivity index (χ2n) is 11.2. The van der Waals surface area contributed by atoms with Gasteiger partial charge in [0.2, 0.25) is 0 Å². The minimum Gasteiger partial charge on any atom is -0.577 e. The van der Waals surface area contributed by atoms with Gasteiger partial charge in [0.1, 0.15) is 22.5 Å². The number of fused-ring (bicyclic) bond motifs is 3. The molecule has 214 valence electrons. The summed E-state index contributed by atoms with van der Waals surface area (Å²) in [5, 5.41) is 4.08. The molecule has 2 heterocycles. The monoisotopic (exact) mass is 590 g/mol. The highest BCUT2D eigenvalue weighted by atomic mass is 27.3. The number of aromatic nitrogens is 2. The Labute approximate surface area is 262 Å². The Morgan fingerprint density at radius 2 is 1.07 bits per heavy atom. The third-order valence-electron chi connectivity index (χ3n) is 8.02. The second kappa shape index (κ2) is 11.7. The van der Waals surface area contributed by atoms with Crippen molar-refractivity contribution in [2.75, 3.05) is 0 Å². The first-order valence-corrected chi connectivity index (χ1v) is 16.2. The number of benzene rings is 5. The quantitative estimate of drug-likeness (QED) is 0.173. The van der Waals surface area contributed by atoms with Gasteiger partial charge in [-0.15, -0.1) is 0 Å². The van der Waals surface area contributed by atoms with Crippen LogP contribution in [0.2, 0.25) is 0 Å². The van der Waals surface area contributed by atoms with Gasteiger partial charge in [0.05, 0.1) is 5.75 Å². The van der Waals surface area contributed by atoms with E-state index in [9.17, 15) is 0 Å². The standard InChI is InChI=1S/C18H16O.2C10H9NO.Al/c1-12-7-8-14(11-13(12)2)15-9-10-18(19)17-6-4-3-5-16(15)17;2*1-7-5-6-8-3-2-4-9(12)10(8)11-7;/h3-11,19H,1-2H3;2*2-6,12H,1H3;/q;;;+3/p-3. The van der Waals surface area contributed by atoms with Crippen molar-refractivity contribution in [2.45, 2.75) is 27.7 Å². The average Bonchev–Trinajstić information content (AvgIpc) is 3.03. The number of rotatable bonds is 7. The van der Waals surface area contributed by atoms with Crippen molar-refractivity contribution >= 4 is 47.7 Å². The summed E-state index contributed by atoms with van der Waals surface area (Å²) in [7, 11) is 0. The number of pyridine rings is 2. The van der Waals surface area contributed by atoms with Crippen molar-refractivity contribution in [3.63, 3.8) is 0 Å². The van der Waals surface area contributed by atoms with E-state index in [-0.39, 0.29) is 0 Å². The molecule has 7 aromatic rings. The number of aryl methyl sites for hydroxylation is 4. The zero-order valence-corrected chi connectivity index (χ0v) is 26.3. The Kier molecular flexibility index (Phi) is 7.39. The molecule has 0 radical (unpaired) electrons. The summed E-state index contributed by atoms with van der Waals surface area (Å²) in [6.45, 7) is 8.24. The highest BCUT2D eigenvalue weighted by Gasteiger charge is 2.45. The summed E-state index contributed by atoms with van der Waals surface area (Å²) in [6.07, 6.45) is 0. The van der Waals surface area contributed by atoms with Crippen molar-refractivity contribution in [1.82, 2.24) is 9.97 Å². The van der Waals surface area contributed by atoms with Crippen LogP contribution in [0.1, 0.15) is 22.5 Å². The fraction of sp³-hybridized carbons (Fsp3) is 0.105. The molecule has 7 rings (SSSR count). The predicted octanol–water partition coefficient (Wildman–Crippen LogP) is 9.36. The fourth-order valence-electron chi connectivity index (χ4n) is 5.54. The number of para-hydroxylation sites is 2. The van der Waals surface area contributed by atoms with Crippen molar-refractivity contribution in [2.24, 2.45) is 0 Å². The Morgan fingerprint density at radius 1 is 0.477 bits per heavy atom. The maximum absolute atomic E-state index is 6.77. The van der Waals surface area contributed by atoms with Gasteiger partial charge in [-0.25, -0.2) is 9.97 Å². The van der Waals surface area contributed by atoms with Crippen LogP contribution >= 0.6 is 0 Å². The SMILES string of the molecule is Cc1ccc2cccc([O][Al]([O]c3ccc(-c4ccc(C)c(C)c4)c4ccccc34)[O]c3cccc4ccc(C)nc34)c2n1. The molecule has 0 N–H and O–H groups in total. The van der Waals surface area contributed by atoms with Crippen LogP contribution in [0, 0.1) is 27.7 Å².